The lowest BCUT2D eigenvalue weighted by molar-refractivity contribution is 0.879. The van der Waals surface area contributed by atoms with Gasteiger partial charge in [-0.15, -0.1) is 0 Å². The van der Waals surface area contributed by atoms with Crippen molar-refractivity contribution in [3.05, 3.63) is 39.4 Å². The first-order valence-electron chi connectivity index (χ1n) is 3.21. The lowest BCUT2D eigenvalue weighted by Crippen LogP contribution is -2.28. The summed E-state index contributed by atoms with van der Waals surface area (Å²) in [6.45, 7) is 0. The molecule has 2 rings (SSSR count). The molecule has 12 heavy (non-hydrogen) atoms. The molecule has 0 aliphatic carbocycles. The van der Waals surface area contributed by atoms with Gasteiger partial charge in [-0.3, -0.25) is 4.98 Å². The molecule has 6 nitrogen and oxygen atoms in total. The van der Waals surface area contributed by atoms with Crippen molar-refractivity contribution in [3.63, 3.8) is 0 Å². The topological polar surface area (TPSA) is 80.1 Å². The van der Waals surface area contributed by atoms with Crippen LogP contribution in [0.5, 0.6) is 0 Å². The number of nitrogens with one attached hydrogen (secondary N) is 1. The van der Waals surface area contributed by atoms with Crippen molar-refractivity contribution in [1.82, 2.24) is 19.4 Å². The minimum Gasteiger partial charge on any atom is -0.257 e. The highest BCUT2D eigenvalue weighted by atomic mass is 16.2. The second kappa shape index (κ2) is 2.26. The van der Waals surface area contributed by atoms with Crippen LogP contribution in [-0.4, -0.2) is 19.4 Å². The summed E-state index contributed by atoms with van der Waals surface area (Å²) in [7, 11) is 0. The number of rotatable bonds is 0. The van der Waals surface area contributed by atoms with Gasteiger partial charge < -0.3 is 0 Å². The average molecular weight is 164 g/mol. The van der Waals surface area contributed by atoms with Crippen LogP contribution in [0.25, 0.3) is 5.78 Å². The molecule has 6 heteroatoms. The van der Waals surface area contributed by atoms with Crippen LogP contribution in [0.15, 0.2) is 28.0 Å². The monoisotopic (exact) mass is 164 g/mol. The van der Waals surface area contributed by atoms with Gasteiger partial charge in [0.05, 0.1) is 0 Å². The van der Waals surface area contributed by atoms with E-state index in [0.717, 1.165) is 4.40 Å². The number of hydrogen-bond donors (Lipinski definition) is 1. The van der Waals surface area contributed by atoms with E-state index in [1.165, 1.54) is 12.4 Å². The van der Waals surface area contributed by atoms with E-state index in [2.05, 4.69) is 9.97 Å². The largest absolute Gasteiger partial charge is 0.352 e. The van der Waals surface area contributed by atoms with Crippen molar-refractivity contribution in [2.24, 2.45) is 0 Å². The minimum atomic E-state index is -0.682. The molecule has 0 atom stereocenters. The number of fused-ring (bicyclic) bond motifs is 1. The maximum Gasteiger partial charge on any atom is 0.352 e. The Labute approximate surface area is 65.5 Å². The highest BCUT2D eigenvalue weighted by Gasteiger charge is 1.96. The summed E-state index contributed by atoms with van der Waals surface area (Å²) in [5.74, 6) is 0.103. The van der Waals surface area contributed by atoms with Crippen LogP contribution in [0, 0.1) is 0 Å². The van der Waals surface area contributed by atoms with E-state index < -0.39 is 11.4 Å². The van der Waals surface area contributed by atoms with Gasteiger partial charge in [-0.1, -0.05) is 0 Å². The Morgan fingerprint density at radius 3 is 3.08 bits per heavy atom. The third-order valence-electron chi connectivity index (χ3n) is 1.36. The Hall–Kier alpha value is -1.98. The standard InChI is InChI=1S/C6H4N4O2/c11-5-8-4-7-2-1-3-10(4)6(12)9-5/h1-3H,(H,9,11,12). The summed E-state index contributed by atoms with van der Waals surface area (Å²) in [5.41, 5.74) is -1.21. The van der Waals surface area contributed by atoms with E-state index in [1.54, 1.807) is 6.07 Å². The maximum atomic E-state index is 11.0. The molecule has 0 amide bonds. The van der Waals surface area contributed by atoms with Gasteiger partial charge in [0.25, 0.3) is 0 Å². The lowest BCUT2D eigenvalue weighted by Gasteiger charge is -1.93. The summed E-state index contributed by atoms with van der Waals surface area (Å²) in [4.78, 5) is 30.9. The van der Waals surface area contributed by atoms with Gasteiger partial charge in [0.15, 0.2) is 0 Å². The van der Waals surface area contributed by atoms with Crippen LogP contribution in [0.4, 0.5) is 0 Å². The van der Waals surface area contributed by atoms with Crippen LogP contribution >= 0.6 is 0 Å². The predicted molar refractivity (Wildman–Crippen MR) is 39.9 cm³/mol. The highest BCUT2D eigenvalue weighted by Crippen LogP contribution is 1.83. The van der Waals surface area contributed by atoms with Crippen LogP contribution < -0.4 is 11.4 Å². The fourth-order valence-electron chi connectivity index (χ4n) is 0.875. The lowest BCUT2D eigenvalue weighted by atomic mass is 10.6. The van der Waals surface area contributed by atoms with Gasteiger partial charge >= 0.3 is 11.4 Å². The molecule has 1 N–H and O–H groups in total. The third kappa shape index (κ3) is 0.895. The molecule has 0 saturated carbocycles. The second-order valence-electron chi connectivity index (χ2n) is 2.14. The van der Waals surface area contributed by atoms with E-state index >= 15 is 0 Å². The van der Waals surface area contributed by atoms with Gasteiger partial charge in [0.1, 0.15) is 0 Å². The Bertz CT molecular complexity index is 527. The Morgan fingerprint density at radius 1 is 1.42 bits per heavy atom. The van der Waals surface area contributed by atoms with Gasteiger partial charge in [-0.05, 0) is 6.07 Å². The first kappa shape index (κ1) is 6.71. The number of hydrogen-bond acceptors (Lipinski definition) is 4. The minimum absolute atomic E-state index is 0.103. The summed E-state index contributed by atoms with van der Waals surface area (Å²) in [6.07, 6.45) is 2.94. The molecular weight excluding hydrogens is 160 g/mol. The molecule has 60 valence electrons. The smallest absolute Gasteiger partial charge is 0.257 e. The molecule has 0 unspecified atom stereocenters. The maximum absolute atomic E-state index is 11.0. The summed E-state index contributed by atoms with van der Waals surface area (Å²) < 4.78 is 1.15. The van der Waals surface area contributed by atoms with Gasteiger partial charge in [-0.25, -0.2) is 19.0 Å². The van der Waals surface area contributed by atoms with Crippen LogP contribution in [0.2, 0.25) is 0 Å². The number of aromatic nitrogens is 4. The SMILES string of the molecule is O=c1nc2ncccn2c(=O)[nH]1. The molecule has 0 saturated heterocycles. The molecule has 0 aliphatic heterocycles. The van der Waals surface area contributed by atoms with Gasteiger partial charge in [0.2, 0.25) is 5.78 Å². The predicted octanol–water partition coefficient (Wildman–Crippen LogP) is -1.22. The van der Waals surface area contributed by atoms with E-state index in [0.29, 0.717) is 0 Å². The normalized spacial score (nSPS) is 10.3. The average Bonchev–Trinajstić information content (AvgIpc) is 2.04. The fraction of sp³-hybridized carbons (Fsp3) is 0. The summed E-state index contributed by atoms with van der Waals surface area (Å²) in [6, 6.07) is 1.58. The molecule has 0 aromatic carbocycles. The van der Waals surface area contributed by atoms with Gasteiger partial charge in [0, 0.05) is 12.4 Å². The first-order valence-corrected chi connectivity index (χ1v) is 3.21. The Kier molecular flexibility index (Phi) is 1.26. The molecule has 2 aromatic heterocycles. The molecule has 0 radical (unpaired) electrons. The molecule has 0 aliphatic rings. The summed E-state index contributed by atoms with van der Waals surface area (Å²) in [5, 5.41) is 0. The van der Waals surface area contributed by atoms with Crippen molar-refractivity contribution in [1.29, 1.82) is 0 Å². The molecule has 2 aromatic rings. The molecule has 0 spiro atoms. The van der Waals surface area contributed by atoms with E-state index in [9.17, 15) is 9.59 Å². The van der Waals surface area contributed by atoms with Gasteiger partial charge in [-0.2, -0.15) is 4.98 Å². The molecule has 0 fully saturated rings. The van der Waals surface area contributed by atoms with Crippen molar-refractivity contribution in [3.8, 4) is 0 Å². The van der Waals surface area contributed by atoms with E-state index in [4.69, 9.17) is 0 Å². The van der Waals surface area contributed by atoms with E-state index in [1.807, 2.05) is 4.98 Å². The fourth-order valence-corrected chi connectivity index (χ4v) is 0.875. The Morgan fingerprint density at radius 2 is 2.25 bits per heavy atom. The molecular formula is C6H4N4O2. The van der Waals surface area contributed by atoms with Crippen molar-refractivity contribution in [2.45, 2.75) is 0 Å². The van der Waals surface area contributed by atoms with Crippen molar-refractivity contribution < 1.29 is 0 Å². The zero-order valence-corrected chi connectivity index (χ0v) is 5.89. The number of aromatic amines is 1. The molecule has 2 heterocycles. The number of nitrogens with zero attached hydrogens (tertiary/aromatic N) is 3. The quantitative estimate of drug-likeness (QED) is 0.529. The van der Waals surface area contributed by atoms with Crippen molar-refractivity contribution in [2.75, 3.05) is 0 Å². The van der Waals surface area contributed by atoms with Crippen LogP contribution in [0.1, 0.15) is 0 Å². The van der Waals surface area contributed by atoms with Crippen LogP contribution in [0.3, 0.4) is 0 Å². The van der Waals surface area contributed by atoms with E-state index in [-0.39, 0.29) is 5.78 Å². The number of H-pyrrole nitrogens is 1. The third-order valence-corrected chi connectivity index (χ3v) is 1.36. The highest BCUT2D eigenvalue weighted by molar-refractivity contribution is 5.22. The zero-order valence-electron chi connectivity index (χ0n) is 5.89. The first-order chi connectivity index (χ1) is 5.77. The zero-order chi connectivity index (χ0) is 8.55. The Balaban J connectivity index is 3.09. The van der Waals surface area contributed by atoms with Crippen molar-refractivity contribution >= 4 is 5.78 Å². The van der Waals surface area contributed by atoms with Crippen LogP contribution in [-0.2, 0) is 0 Å². The molecule has 0 bridgehead atoms. The second-order valence-corrected chi connectivity index (χ2v) is 2.14. The summed E-state index contributed by atoms with van der Waals surface area (Å²) >= 11 is 0.